The molecule has 0 aromatic heterocycles. The highest BCUT2D eigenvalue weighted by molar-refractivity contribution is 5.35. The Morgan fingerprint density at radius 1 is 1.04 bits per heavy atom. The van der Waals surface area contributed by atoms with Crippen LogP contribution >= 0.6 is 0 Å². The summed E-state index contributed by atoms with van der Waals surface area (Å²) >= 11 is 0. The maximum atomic E-state index is 10.3. The summed E-state index contributed by atoms with van der Waals surface area (Å²) in [5.41, 5.74) is 2.61. The van der Waals surface area contributed by atoms with E-state index in [2.05, 4.69) is 41.3 Å². The van der Waals surface area contributed by atoms with E-state index in [-0.39, 0.29) is 17.9 Å². The van der Waals surface area contributed by atoms with Gasteiger partial charge in [-0.2, -0.15) is 0 Å². The minimum atomic E-state index is 0.0135. The molecule has 3 unspecified atom stereocenters. The molecule has 1 aliphatic carbocycles. The minimum Gasteiger partial charge on any atom is -0.508 e. The van der Waals surface area contributed by atoms with Crippen LogP contribution in [0.3, 0.4) is 0 Å². The molecule has 2 aromatic rings. The van der Waals surface area contributed by atoms with Crippen molar-refractivity contribution in [3.63, 3.8) is 0 Å². The number of nitrogens with zero attached hydrogens (tertiary/aromatic N) is 1. The number of phenols is 1. The summed E-state index contributed by atoms with van der Waals surface area (Å²) in [6.07, 6.45) is 5.60. The lowest BCUT2D eigenvalue weighted by atomic mass is 9.57. The van der Waals surface area contributed by atoms with Crippen molar-refractivity contribution < 1.29 is 10.2 Å². The Balaban J connectivity index is 1.56. The predicted octanol–water partition coefficient (Wildman–Crippen LogP) is 3.74. The number of benzene rings is 2. The van der Waals surface area contributed by atoms with Crippen LogP contribution in [0.1, 0.15) is 36.8 Å². The third kappa shape index (κ3) is 3.15. The highest BCUT2D eigenvalue weighted by Crippen LogP contribution is 2.51. The van der Waals surface area contributed by atoms with E-state index in [0.29, 0.717) is 11.8 Å². The molecule has 3 heteroatoms. The third-order valence-corrected chi connectivity index (χ3v) is 6.76. The molecule has 3 atom stereocenters. The number of aliphatic hydroxyl groups is 1. The van der Waals surface area contributed by atoms with Crippen molar-refractivity contribution in [2.45, 2.75) is 43.6 Å². The van der Waals surface area contributed by atoms with Crippen LogP contribution < -0.4 is 0 Å². The lowest BCUT2D eigenvalue weighted by Crippen LogP contribution is -2.60. The quantitative estimate of drug-likeness (QED) is 0.862. The first-order valence-corrected chi connectivity index (χ1v) is 9.91. The summed E-state index contributed by atoms with van der Waals surface area (Å²) in [7, 11) is 0. The first-order valence-electron chi connectivity index (χ1n) is 9.91. The fraction of sp³-hybridized carbons (Fsp3) is 0.478. The topological polar surface area (TPSA) is 43.7 Å². The number of likely N-dealkylation sites (tertiary alicyclic amines) is 1. The molecule has 3 nitrogen and oxygen atoms in total. The number of rotatable bonds is 5. The van der Waals surface area contributed by atoms with E-state index in [9.17, 15) is 10.2 Å². The van der Waals surface area contributed by atoms with Gasteiger partial charge >= 0.3 is 0 Å². The van der Waals surface area contributed by atoms with Crippen molar-refractivity contribution in [1.82, 2.24) is 4.90 Å². The summed E-state index contributed by atoms with van der Waals surface area (Å²) < 4.78 is 0. The van der Waals surface area contributed by atoms with Crippen molar-refractivity contribution in [2.24, 2.45) is 5.92 Å². The molecule has 2 aromatic carbocycles. The normalized spacial score (nSPS) is 28.8. The zero-order valence-corrected chi connectivity index (χ0v) is 15.3. The zero-order chi connectivity index (χ0) is 18.0. The van der Waals surface area contributed by atoms with Crippen LogP contribution in [-0.4, -0.2) is 40.9 Å². The minimum absolute atomic E-state index is 0.0135. The summed E-state index contributed by atoms with van der Waals surface area (Å²) in [5, 5.41) is 20.3. The van der Waals surface area contributed by atoms with Gasteiger partial charge < -0.3 is 10.2 Å². The lowest BCUT2D eigenvalue weighted by Gasteiger charge is -2.56. The molecule has 0 spiro atoms. The average molecular weight is 351 g/mol. The molecule has 1 saturated heterocycles. The summed E-state index contributed by atoms with van der Waals surface area (Å²) in [4.78, 5) is 2.61. The molecule has 2 aliphatic rings. The van der Waals surface area contributed by atoms with Gasteiger partial charge in [-0.3, -0.25) is 4.90 Å². The van der Waals surface area contributed by atoms with E-state index in [0.717, 1.165) is 32.4 Å². The van der Waals surface area contributed by atoms with Crippen LogP contribution in [0.4, 0.5) is 0 Å². The standard InChI is InChI=1S/C23H29NO2/c25-17-21-22-10-5-12-23(21,19-8-4-9-20(26)16-19)13-15-24(22)14-11-18-6-2-1-3-7-18/h1-4,6-9,16,21-22,25-26H,5,10-15,17H2. The fourth-order valence-corrected chi connectivity index (χ4v) is 5.45. The Hall–Kier alpha value is -1.84. The van der Waals surface area contributed by atoms with E-state index in [1.54, 1.807) is 6.07 Å². The van der Waals surface area contributed by atoms with Crippen LogP contribution in [-0.2, 0) is 11.8 Å². The van der Waals surface area contributed by atoms with Crippen LogP contribution in [0.2, 0.25) is 0 Å². The van der Waals surface area contributed by atoms with Gasteiger partial charge in [0.05, 0.1) is 0 Å². The van der Waals surface area contributed by atoms with Crippen molar-refractivity contribution in [1.29, 1.82) is 0 Å². The molecule has 2 N–H and O–H groups in total. The van der Waals surface area contributed by atoms with E-state index in [1.807, 2.05) is 12.1 Å². The monoisotopic (exact) mass is 351 g/mol. The summed E-state index contributed by atoms with van der Waals surface area (Å²) in [6.45, 7) is 2.35. The predicted molar refractivity (Wildman–Crippen MR) is 104 cm³/mol. The Kier molecular flexibility index (Phi) is 5.01. The van der Waals surface area contributed by atoms with E-state index in [1.165, 1.54) is 24.0 Å². The molecule has 2 bridgehead atoms. The summed E-state index contributed by atoms with van der Waals surface area (Å²) in [5.74, 6) is 0.588. The van der Waals surface area contributed by atoms with E-state index in [4.69, 9.17) is 0 Å². The van der Waals surface area contributed by atoms with Crippen molar-refractivity contribution in [2.75, 3.05) is 19.7 Å². The van der Waals surface area contributed by atoms with Crippen molar-refractivity contribution >= 4 is 0 Å². The second-order valence-electron chi connectivity index (χ2n) is 7.98. The molecule has 0 radical (unpaired) electrons. The van der Waals surface area contributed by atoms with Gasteiger partial charge in [-0.05, 0) is 55.5 Å². The van der Waals surface area contributed by atoms with Gasteiger partial charge in [0.15, 0.2) is 0 Å². The molecule has 1 aliphatic heterocycles. The molecule has 2 fully saturated rings. The van der Waals surface area contributed by atoms with Gasteiger partial charge in [-0.15, -0.1) is 0 Å². The van der Waals surface area contributed by atoms with Gasteiger partial charge in [0.25, 0.3) is 0 Å². The third-order valence-electron chi connectivity index (χ3n) is 6.76. The second-order valence-corrected chi connectivity index (χ2v) is 7.98. The van der Waals surface area contributed by atoms with Gasteiger partial charge in [0.2, 0.25) is 0 Å². The van der Waals surface area contributed by atoms with Gasteiger partial charge in [0.1, 0.15) is 5.75 Å². The smallest absolute Gasteiger partial charge is 0.115 e. The Labute approximate surface area is 156 Å². The van der Waals surface area contributed by atoms with E-state index < -0.39 is 0 Å². The van der Waals surface area contributed by atoms with Crippen LogP contribution in [0.5, 0.6) is 5.75 Å². The van der Waals surface area contributed by atoms with Crippen molar-refractivity contribution in [3.8, 4) is 5.75 Å². The first kappa shape index (κ1) is 17.6. The maximum absolute atomic E-state index is 10.3. The Morgan fingerprint density at radius 3 is 2.65 bits per heavy atom. The number of aromatic hydroxyl groups is 1. The zero-order valence-electron chi connectivity index (χ0n) is 15.3. The molecular formula is C23H29NO2. The number of hydrogen-bond donors (Lipinski definition) is 2. The molecule has 1 saturated carbocycles. The lowest BCUT2D eigenvalue weighted by molar-refractivity contribution is -0.0368. The van der Waals surface area contributed by atoms with Gasteiger partial charge in [-0.25, -0.2) is 0 Å². The number of fused-ring (bicyclic) bond motifs is 2. The maximum Gasteiger partial charge on any atom is 0.115 e. The Bertz CT molecular complexity index is 732. The van der Waals surface area contributed by atoms with Gasteiger partial charge in [-0.1, -0.05) is 48.9 Å². The summed E-state index contributed by atoms with van der Waals surface area (Å²) in [6, 6.07) is 18.9. The van der Waals surface area contributed by atoms with Gasteiger partial charge in [0, 0.05) is 30.5 Å². The van der Waals surface area contributed by atoms with Crippen molar-refractivity contribution in [3.05, 3.63) is 65.7 Å². The number of aliphatic hydroxyl groups excluding tert-OH is 1. The fourth-order valence-electron chi connectivity index (χ4n) is 5.45. The second kappa shape index (κ2) is 7.42. The molecule has 4 rings (SSSR count). The molecule has 138 valence electrons. The largest absolute Gasteiger partial charge is 0.508 e. The van der Waals surface area contributed by atoms with Crippen LogP contribution in [0.15, 0.2) is 54.6 Å². The highest BCUT2D eigenvalue weighted by Gasteiger charge is 2.51. The molecule has 0 amide bonds. The molecular weight excluding hydrogens is 322 g/mol. The van der Waals surface area contributed by atoms with Crippen LogP contribution in [0, 0.1) is 5.92 Å². The Morgan fingerprint density at radius 2 is 1.88 bits per heavy atom. The SMILES string of the molecule is OCC1C2CCCC1(c1cccc(O)c1)CCN2CCc1ccccc1. The average Bonchev–Trinajstić information content (AvgIpc) is 2.67. The number of hydrogen-bond acceptors (Lipinski definition) is 3. The number of piperidine rings is 1. The highest BCUT2D eigenvalue weighted by atomic mass is 16.3. The number of phenolic OH excluding ortho intramolecular Hbond substituents is 1. The molecule has 26 heavy (non-hydrogen) atoms. The first-order chi connectivity index (χ1) is 12.7. The van der Waals surface area contributed by atoms with E-state index >= 15 is 0 Å². The molecule has 1 heterocycles. The van der Waals surface area contributed by atoms with Crippen LogP contribution in [0.25, 0.3) is 0 Å².